The van der Waals surface area contributed by atoms with Crippen molar-refractivity contribution in [1.82, 2.24) is 5.32 Å². The van der Waals surface area contributed by atoms with E-state index in [1.165, 1.54) is 6.20 Å². The van der Waals surface area contributed by atoms with Gasteiger partial charge in [-0.15, -0.1) is 0 Å². The Morgan fingerprint density at radius 1 is 1.23 bits per heavy atom. The SMILES string of the molecule is C=CNC(=O)Cc1c(Cl)ccc(-c2ccc(OC)cc2)c1Cl. The first-order valence-electron chi connectivity index (χ1n) is 6.58. The summed E-state index contributed by atoms with van der Waals surface area (Å²) in [6, 6.07) is 11.1. The van der Waals surface area contributed by atoms with E-state index in [9.17, 15) is 4.79 Å². The molecule has 0 aliphatic carbocycles. The number of methoxy groups -OCH3 is 1. The summed E-state index contributed by atoms with van der Waals surface area (Å²) < 4.78 is 5.14. The fourth-order valence-electron chi connectivity index (χ4n) is 2.08. The molecule has 0 radical (unpaired) electrons. The van der Waals surface area contributed by atoms with Crippen molar-refractivity contribution < 1.29 is 9.53 Å². The van der Waals surface area contributed by atoms with Crippen LogP contribution >= 0.6 is 23.2 Å². The number of benzene rings is 2. The zero-order valence-corrected chi connectivity index (χ0v) is 13.5. The van der Waals surface area contributed by atoms with Crippen molar-refractivity contribution in [1.29, 1.82) is 0 Å². The summed E-state index contributed by atoms with van der Waals surface area (Å²) in [6.07, 6.45) is 1.42. The molecular weight excluding hydrogens is 321 g/mol. The van der Waals surface area contributed by atoms with E-state index >= 15 is 0 Å². The normalized spacial score (nSPS) is 10.1. The van der Waals surface area contributed by atoms with Crippen molar-refractivity contribution in [2.24, 2.45) is 0 Å². The molecule has 22 heavy (non-hydrogen) atoms. The maximum absolute atomic E-state index is 11.7. The summed E-state index contributed by atoms with van der Waals surface area (Å²) in [5.74, 6) is 0.546. The second-order valence-electron chi connectivity index (χ2n) is 4.56. The average Bonchev–Trinajstić information content (AvgIpc) is 2.52. The van der Waals surface area contributed by atoms with Gasteiger partial charge in [-0.25, -0.2) is 0 Å². The molecule has 2 rings (SSSR count). The number of carbonyl (C=O) groups is 1. The second kappa shape index (κ2) is 7.34. The van der Waals surface area contributed by atoms with Crippen LogP contribution in [0, 0.1) is 0 Å². The molecule has 1 amide bonds. The van der Waals surface area contributed by atoms with Crippen LogP contribution < -0.4 is 10.1 Å². The standard InChI is InChI=1S/C17H15Cl2NO2/c1-3-20-16(21)10-14-15(18)9-8-13(17(14)19)11-4-6-12(22-2)7-5-11/h3-9H,1,10H2,2H3,(H,20,21). The summed E-state index contributed by atoms with van der Waals surface area (Å²) in [5.41, 5.74) is 2.33. The molecule has 0 aromatic heterocycles. The third-order valence-electron chi connectivity index (χ3n) is 3.19. The Morgan fingerprint density at radius 2 is 1.91 bits per heavy atom. The first-order valence-corrected chi connectivity index (χ1v) is 7.34. The van der Waals surface area contributed by atoms with E-state index in [2.05, 4.69) is 11.9 Å². The molecule has 0 unspecified atom stereocenters. The van der Waals surface area contributed by atoms with E-state index < -0.39 is 0 Å². The Bertz CT molecular complexity index is 697. The minimum absolute atomic E-state index is 0.0910. The number of ether oxygens (including phenoxy) is 1. The maximum atomic E-state index is 11.7. The molecule has 0 atom stereocenters. The van der Waals surface area contributed by atoms with E-state index in [1.807, 2.05) is 30.3 Å². The van der Waals surface area contributed by atoms with Crippen molar-refractivity contribution >= 4 is 29.1 Å². The van der Waals surface area contributed by atoms with Gasteiger partial charge in [0.15, 0.2) is 0 Å². The third-order valence-corrected chi connectivity index (χ3v) is 3.97. The van der Waals surface area contributed by atoms with Crippen LogP contribution in [-0.4, -0.2) is 13.0 Å². The van der Waals surface area contributed by atoms with E-state index in [4.69, 9.17) is 27.9 Å². The summed E-state index contributed by atoms with van der Waals surface area (Å²) >= 11 is 12.6. The van der Waals surface area contributed by atoms with Crippen molar-refractivity contribution in [3.63, 3.8) is 0 Å². The van der Waals surface area contributed by atoms with Crippen molar-refractivity contribution in [3.05, 3.63) is 64.8 Å². The number of rotatable bonds is 5. The van der Waals surface area contributed by atoms with Crippen LogP contribution in [0.5, 0.6) is 5.75 Å². The Kier molecular flexibility index (Phi) is 5.47. The van der Waals surface area contributed by atoms with Crippen molar-refractivity contribution in [2.45, 2.75) is 6.42 Å². The fraction of sp³-hybridized carbons (Fsp3) is 0.118. The Balaban J connectivity index is 2.40. The molecule has 0 saturated carbocycles. The predicted molar refractivity (Wildman–Crippen MR) is 90.5 cm³/mol. The highest BCUT2D eigenvalue weighted by atomic mass is 35.5. The molecule has 2 aromatic rings. The van der Waals surface area contributed by atoms with Crippen LogP contribution in [0.25, 0.3) is 11.1 Å². The Hall–Kier alpha value is -1.97. The number of carbonyl (C=O) groups excluding carboxylic acids is 1. The third kappa shape index (κ3) is 3.62. The van der Waals surface area contributed by atoms with E-state index in [1.54, 1.807) is 13.2 Å². The fourth-order valence-corrected chi connectivity index (χ4v) is 2.69. The van der Waals surface area contributed by atoms with Gasteiger partial charge in [0.05, 0.1) is 18.6 Å². The molecule has 0 heterocycles. The largest absolute Gasteiger partial charge is 0.497 e. The molecule has 1 N–H and O–H groups in total. The molecule has 0 bridgehead atoms. The first kappa shape index (κ1) is 16.4. The molecule has 3 nitrogen and oxygen atoms in total. The summed E-state index contributed by atoms with van der Waals surface area (Å²) in [7, 11) is 1.61. The predicted octanol–water partition coefficient (Wildman–Crippen LogP) is 4.47. The molecule has 0 spiro atoms. The van der Waals surface area contributed by atoms with Gasteiger partial charge in [-0.1, -0.05) is 48.0 Å². The lowest BCUT2D eigenvalue weighted by molar-refractivity contribution is -0.119. The van der Waals surface area contributed by atoms with Crippen molar-refractivity contribution in [3.8, 4) is 16.9 Å². The highest BCUT2D eigenvalue weighted by Crippen LogP contribution is 2.35. The quantitative estimate of drug-likeness (QED) is 0.875. The second-order valence-corrected chi connectivity index (χ2v) is 5.35. The topological polar surface area (TPSA) is 38.3 Å². The van der Waals surface area contributed by atoms with Gasteiger partial charge in [-0.3, -0.25) is 4.79 Å². The summed E-state index contributed by atoms with van der Waals surface area (Å²) in [5, 5.41) is 3.44. The van der Waals surface area contributed by atoms with Gasteiger partial charge in [-0.2, -0.15) is 0 Å². The van der Waals surface area contributed by atoms with Gasteiger partial charge in [-0.05, 0) is 35.5 Å². The smallest absolute Gasteiger partial charge is 0.228 e. The lowest BCUT2D eigenvalue weighted by Crippen LogP contribution is -2.19. The number of amides is 1. The molecule has 114 valence electrons. The van der Waals surface area contributed by atoms with Crippen LogP contribution in [0.1, 0.15) is 5.56 Å². The van der Waals surface area contributed by atoms with Gasteiger partial charge < -0.3 is 10.1 Å². The molecular formula is C17H15Cl2NO2. The highest BCUT2D eigenvalue weighted by Gasteiger charge is 2.15. The van der Waals surface area contributed by atoms with Crippen LogP contribution in [-0.2, 0) is 11.2 Å². The summed E-state index contributed by atoms with van der Waals surface area (Å²) in [6.45, 7) is 3.46. The summed E-state index contributed by atoms with van der Waals surface area (Å²) in [4.78, 5) is 11.7. The number of halogens is 2. The molecule has 2 aromatic carbocycles. The minimum atomic E-state index is -0.217. The Labute approximate surface area is 139 Å². The van der Waals surface area contributed by atoms with Gasteiger partial charge in [0.25, 0.3) is 0 Å². The average molecular weight is 336 g/mol. The van der Waals surface area contributed by atoms with Crippen LogP contribution in [0.4, 0.5) is 0 Å². The molecule has 0 fully saturated rings. The van der Waals surface area contributed by atoms with Gasteiger partial charge in [0.2, 0.25) is 5.91 Å². The van der Waals surface area contributed by atoms with Crippen LogP contribution in [0.15, 0.2) is 49.2 Å². The van der Waals surface area contributed by atoms with Gasteiger partial charge in [0.1, 0.15) is 5.75 Å². The monoisotopic (exact) mass is 335 g/mol. The first-order chi connectivity index (χ1) is 10.6. The molecule has 5 heteroatoms. The van der Waals surface area contributed by atoms with Gasteiger partial charge >= 0.3 is 0 Å². The van der Waals surface area contributed by atoms with Crippen LogP contribution in [0.2, 0.25) is 10.0 Å². The molecule has 0 saturated heterocycles. The van der Waals surface area contributed by atoms with E-state index in [0.29, 0.717) is 15.6 Å². The lowest BCUT2D eigenvalue weighted by Gasteiger charge is -2.12. The van der Waals surface area contributed by atoms with Gasteiger partial charge in [0, 0.05) is 10.6 Å². The zero-order chi connectivity index (χ0) is 16.1. The number of hydrogen-bond donors (Lipinski definition) is 1. The molecule has 0 aliphatic heterocycles. The zero-order valence-electron chi connectivity index (χ0n) is 12.0. The Morgan fingerprint density at radius 3 is 2.50 bits per heavy atom. The van der Waals surface area contributed by atoms with Crippen LogP contribution in [0.3, 0.4) is 0 Å². The maximum Gasteiger partial charge on any atom is 0.228 e. The number of nitrogens with one attached hydrogen (secondary N) is 1. The van der Waals surface area contributed by atoms with Crippen molar-refractivity contribution in [2.75, 3.05) is 7.11 Å². The van der Waals surface area contributed by atoms with E-state index in [0.717, 1.165) is 16.9 Å². The molecule has 0 aliphatic rings. The lowest BCUT2D eigenvalue weighted by atomic mass is 10.0. The highest BCUT2D eigenvalue weighted by molar-refractivity contribution is 6.38. The minimum Gasteiger partial charge on any atom is -0.497 e. The van der Waals surface area contributed by atoms with E-state index in [-0.39, 0.29) is 12.3 Å². The number of hydrogen-bond acceptors (Lipinski definition) is 2.